The molecule has 0 saturated carbocycles. The summed E-state index contributed by atoms with van der Waals surface area (Å²) in [5, 5.41) is 2.18. The van der Waals surface area contributed by atoms with E-state index in [-0.39, 0.29) is 30.2 Å². The van der Waals surface area contributed by atoms with Gasteiger partial charge < -0.3 is 0 Å². The smallest absolute Gasteiger partial charge is 0.166 e. The minimum absolute atomic E-state index is 0. The summed E-state index contributed by atoms with van der Waals surface area (Å²) in [6.07, 6.45) is -0.931. The molecule has 0 fully saturated rings. The molecule has 0 aromatic heterocycles. The van der Waals surface area contributed by atoms with Crippen molar-refractivity contribution in [2.24, 2.45) is 5.92 Å². The predicted octanol–water partition coefficient (Wildman–Crippen LogP) is 9.90. The van der Waals surface area contributed by atoms with Gasteiger partial charge in [-0.15, -0.1) is 66.3 Å². The fourth-order valence-corrected chi connectivity index (χ4v) is 3.64. The molecule has 0 spiro atoms. The van der Waals surface area contributed by atoms with Crippen LogP contribution in [0.5, 0.6) is 0 Å². The van der Waals surface area contributed by atoms with Gasteiger partial charge >= 0.3 is 48.0 Å². The molecule has 1 aliphatic carbocycles. The Morgan fingerprint density at radius 3 is 1.89 bits per heavy atom. The molecule has 0 N–H and O–H groups in total. The van der Waals surface area contributed by atoms with Crippen LogP contribution in [-0.4, -0.2) is 5.43 Å². The number of allylic oxidation sites excluding steroid dienone is 4. The molecule has 4 rings (SSSR count). The van der Waals surface area contributed by atoms with Gasteiger partial charge in [0, 0.05) is 0 Å². The summed E-state index contributed by atoms with van der Waals surface area (Å²) in [6, 6.07) is 15.3. The number of halogens is 5. The summed E-state index contributed by atoms with van der Waals surface area (Å²) in [6.45, 7) is 15.3. The minimum Gasteiger partial charge on any atom is -0.166 e. The Kier molecular flexibility index (Phi) is 14.2. The zero-order chi connectivity index (χ0) is 24.9. The number of alkyl halides is 3. The number of aryl methyl sites for hydroxylation is 1. The van der Waals surface area contributed by atoms with Crippen molar-refractivity contribution in [1.29, 1.82) is 0 Å². The Balaban J connectivity index is 0.000000649. The van der Waals surface area contributed by atoms with Crippen molar-refractivity contribution in [2.45, 2.75) is 53.9 Å². The molecule has 0 radical (unpaired) electrons. The minimum atomic E-state index is -4.29. The van der Waals surface area contributed by atoms with Gasteiger partial charge in [-0.3, -0.25) is 6.08 Å². The van der Waals surface area contributed by atoms with Crippen molar-refractivity contribution >= 4 is 41.0 Å². The first-order valence-corrected chi connectivity index (χ1v) is 17.1. The first-order chi connectivity index (χ1) is 15.3. The molecule has 3 aromatic carbocycles. The number of hydrogen-bond acceptors (Lipinski definition) is 0. The Labute approximate surface area is 235 Å². The van der Waals surface area contributed by atoms with Crippen LogP contribution in [0.4, 0.5) is 13.2 Å². The van der Waals surface area contributed by atoms with Crippen molar-refractivity contribution in [3.05, 3.63) is 88.5 Å². The summed E-state index contributed by atoms with van der Waals surface area (Å²) in [5.74, 6) is 0.560. The zero-order valence-corrected chi connectivity index (χ0v) is 26.3. The van der Waals surface area contributed by atoms with Crippen LogP contribution in [0.1, 0.15) is 38.8 Å². The molecular formula is C28H33Cl2F3SiZr. The molecule has 1 unspecified atom stereocenters. The third kappa shape index (κ3) is 9.76. The van der Waals surface area contributed by atoms with Crippen LogP contribution in [0.3, 0.4) is 0 Å². The quantitative estimate of drug-likeness (QED) is 0.189. The van der Waals surface area contributed by atoms with Crippen LogP contribution >= 0.6 is 24.8 Å². The fourth-order valence-electron chi connectivity index (χ4n) is 3.64. The van der Waals surface area contributed by atoms with E-state index < -0.39 is 11.7 Å². The van der Waals surface area contributed by atoms with Crippen LogP contribution in [0.2, 0.25) is 13.1 Å². The average molecular weight is 617 g/mol. The Morgan fingerprint density at radius 2 is 1.49 bits per heavy atom. The van der Waals surface area contributed by atoms with Gasteiger partial charge in [-0.2, -0.15) is 30.4 Å². The van der Waals surface area contributed by atoms with E-state index in [9.17, 15) is 13.2 Å². The van der Waals surface area contributed by atoms with E-state index in [4.69, 9.17) is 0 Å². The maximum absolute atomic E-state index is 12.6. The molecule has 0 nitrogen and oxygen atoms in total. The van der Waals surface area contributed by atoms with Gasteiger partial charge in [-0.05, 0) is 17.7 Å². The Bertz CT molecular complexity index is 1190. The van der Waals surface area contributed by atoms with E-state index in [1.54, 1.807) is 23.3 Å². The van der Waals surface area contributed by atoms with E-state index in [0.717, 1.165) is 39.6 Å². The zero-order valence-electron chi connectivity index (χ0n) is 21.2. The summed E-state index contributed by atoms with van der Waals surface area (Å²) in [4.78, 5) is 0. The third-order valence-corrected chi connectivity index (χ3v) is 5.65. The second kappa shape index (κ2) is 14.7. The standard InChI is InChI=1S/C17H12F3.C9H13.C2H6Si.2ClH.Zr/c1-11-9-13-3-2-4-15(16(13)10-11)12-5-7-14(8-6-12)17(18,19)20;1-6-5-7(2)9(4)8(6)3;1-3-2;;;/h2-10H,1H3;6H,1-4H3;1-2H3;2*1H;/q2*-1;;;;+2. The van der Waals surface area contributed by atoms with Gasteiger partial charge in [-0.25, -0.2) is 5.57 Å². The topological polar surface area (TPSA) is 0 Å². The average Bonchev–Trinajstić information content (AvgIpc) is 3.21. The molecule has 0 amide bonds. The van der Waals surface area contributed by atoms with E-state index in [0.29, 0.717) is 5.92 Å². The van der Waals surface area contributed by atoms with Crippen molar-refractivity contribution in [1.82, 2.24) is 0 Å². The van der Waals surface area contributed by atoms with Crippen molar-refractivity contribution in [3.63, 3.8) is 0 Å². The molecule has 0 aliphatic heterocycles. The van der Waals surface area contributed by atoms with Crippen molar-refractivity contribution in [3.8, 4) is 11.1 Å². The second-order valence-corrected chi connectivity index (χ2v) is 18.1. The van der Waals surface area contributed by atoms with Crippen LogP contribution in [-0.2, 0) is 29.5 Å². The molecule has 1 aliphatic rings. The maximum atomic E-state index is 12.6. The first-order valence-electron chi connectivity index (χ1n) is 10.9. The summed E-state index contributed by atoms with van der Waals surface area (Å²) >= 11 is 1.74. The predicted molar refractivity (Wildman–Crippen MR) is 147 cm³/mol. The number of rotatable bonds is 1. The second-order valence-electron chi connectivity index (χ2n) is 8.72. The van der Waals surface area contributed by atoms with Gasteiger partial charge in [0.25, 0.3) is 0 Å². The number of fused-ring (bicyclic) bond motifs is 1. The Hall–Kier alpha value is -1.00. The molecular weight excluding hydrogens is 584 g/mol. The van der Waals surface area contributed by atoms with E-state index in [1.165, 1.54) is 28.9 Å². The normalized spacial score (nSPS) is 14.6. The molecule has 188 valence electrons. The number of hydrogen-bond donors (Lipinski definition) is 0. The van der Waals surface area contributed by atoms with E-state index in [2.05, 4.69) is 59.0 Å². The summed E-state index contributed by atoms with van der Waals surface area (Å²) < 4.78 is 37.7. The molecule has 3 aromatic rings. The Morgan fingerprint density at radius 1 is 0.943 bits per heavy atom. The molecule has 0 saturated heterocycles. The molecule has 0 heterocycles. The van der Waals surface area contributed by atoms with Crippen molar-refractivity contribution < 1.29 is 36.5 Å². The largest absolute Gasteiger partial charge is 0.416 e. The first kappa shape index (κ1) is 34.0. The van der Waals surface area contributed by atoms with Gasteiger partial charge in [0.1, 0.15) is 0 Å². The van der Waals surface area contributed by atoms with Crippen LogP contribution in [0.25, 0.3) is 21.9 Å². The molecule has 35 heavy (non-hydrogen) atoms. The SMILES string of the molecule is CC1=[C-]C(C)C(C)=C1C.C[Si](C)=[Zr+2].Cc1cc2c(-c3ccc(C(F)(F)F)cc3)cccc2[cH-]1.Cl.Cl. The monoisotopic (exact) mass is 614 g/mol. The van der Waals surface area contributed by atoms with Crippen LogP contribution in [0.15, 0.2) is 71.3 Å². The fraction of sp³-hybridized carbons (Fsp3) is 0.321. The molecule has 7 heteroatoms. The van der Waals surface area contributed by atoms with Gasteiger partial charge in [0.2, 0.25) is 0 Å². The number of benzene rings is 2. The van der Waals surface area contributed by atoms with E-state index >= 15 is 0 Å². The van der Waals surface area contributed by atoms with Gasteiger partial charge in [0.15, 0.2) is 0 Å². The van der Waals surface area contributed by atoms with Gasteiger partial charge in [-0.1, -0.05) is 57.4 Å². The molecule has 1 atom stereocenters. The summed E-state index contributed by atoms with van der Waals surface area (Å²) in [7, 11) is 0. The van der Waals surface area contributed by atoms with Gasteiger partial charge in [0.05, 0.1) is 5.56 Å². The van der Waals surface area contributed by atoms with Crippen molar-refractivity contribution in [2.75, 3.05) is 0 Å². The third-order valence-electron chi connectivity index (χ3n) is 5.65. The van der Waals surface area contributed by atoms with E-state index in [1.807, 2.05) is 25.1 Å². The maximum Gasteiger partial charge on any atom is 0.416 e. The molecule has 0 bridgehead atoms. The van der Waals surface area contributed by atoms with Crippen LogP contribution in [0, 0.1) is 18.9 Å². The van der Waals surface area contributed by atoms with Crippen LogP contribution < -0.4 is 0 Å². The summed E-state index contributed by atoms with van der Waals surface area (Å²) in [5.41, 5.74) is 6.75.